The number of aryl methyl sites for hydroxylation is 1. The number of aromatic hydroxyl groups is 2. The fraction of sp³-hybridized carbons (Fsp3) is 0.627. The maximum absolute atomic E-state index is 13.9. The van der Waals surface area contributed by atoms with Gasteiger partial charge in [0.05, 0.1) is 50.8 Å². The summed E-state index contributed by atoms with van der Waals surface area (Å²) in [4.78, 5) is 13.9. The Bertz CT molecular complexity index is 3080. The van der Waals surface area contributed by atoms with E-state index in [4.69, 9.17) is 23.7 Å². The summed E-state index contributed by atoms with van der Waals surface area (Å²) in [5.74, 6) is 14.8. The molecule has 3 fully saturated rings. The number of benzene rings is 3. The number of nitrogens with one attached hydrogen (secondary N) is 2. The molecule has 8 aliphatic rings. The van der Waals surface area contributed by atoms with Crippen molar-refractivity contribution in [2.45, 2.75) is 164 Å². The van der Waals surface area contributed by atoms with Crippen molar-refractivity contribution in [1.82, 2.24) is 15.2 Å². The van der Waals surface area contributed by atoms with Crippen LogP contribution in [0.4, 0.5) is 0 Å². The second-order valence-electron chi connectivity index (χ2n) is 25.5. The first-order chi connectivity index (χ1) is 41.2. The Morgan fingerprint density at radius 1 is 0.871 bits per heavy atom. The highest BCUT2D eigenvalue weighted by Gasteiger charge is 2.53. The number of carbonyl (C=O) groups excluding carboxylic acids is 1. The van der Waals surface area contributed by atoms with Crippen LogP contribution in [0.5, 0.6) is 28.7 Å². The molecule has 3 aliphatic carbocycles. The lowest BCUT2D eigenvalue weighted by Gasteiger charge is -2.53. The highest BCUT2D eigenvalue weighted by atomic mass is 33.1. The summed E-state index contributed by atoms with van der Waals surface area (Å²) in [6, 6.07) is 12.7. The zero-order chi connectivity index (χ0) is 59.4. The van der Waals surface area contributed by atoms with Crippen LogP contribution in [0.25, 0.3) is 10.8 Å². The van der Waals surface area contributed by atoms with Crippen molar-refractivity contribution in [2.24, 2.45) is 52.8 Å². The van der Waals surface area contributed by atoms with Gasteiger partial charge in [0.25, 0.3) is 0 Å². The third-order valence-electron chi connectivity index (χ3n) is 20.1. The van der Waals surface area contributed by atoms with Gasteiger partial charge in [0.1, 0.15) is 19.4 Å². The molecule has 1 amide bonds. The zero-order valence-corrected chi connectivity index (χ0v) is 51.0. The average Bonchev–Trinajstić information content (AvgIpc) is 2.03. The van der Waals surface area contributed by atoms with E-state index in [1.165, 1.54) is 35.8 Å². The molecule has 16 nitrogen and oxygen atoms in total. The number of amides is 1. The molecule has 4 aromatic rings. The molecule has 0 radical (unpaired) electrons. The molecule has 2 saturated carbocycles. The van der Waals surface area contributed by atoms with Crippen LogP contribution < -0.4 is 24.8 Å². The summed E-state index contributed by atoms with van der Waals surface area (Å²) in [5, 5.41) is 91.3. The third-order valence-corrected chi connectivity index (χ3v) is 22.9. The lowest BCUT2D eigenvalue weighted by molar-refractivity contribution is -0.122. The first-order valence-electron chi connectivity index (χ1n) is 31.1. The number of aliphatic hydroxyl groups excluding tert-OH is 5. The van der Waals surface area contributed by atoms with Gasteiger partial charge in [0.15, 0.2) is 23.0 Å². The van der Waals surface area contributed by atoms with E-state index >= 15 is 0 Å². The molecule has 3 aromatic carbocycles. The Kier molecular flexibility index (Phi) is 20.1. The van der Waals surface area contributed by atoms with Crippen molar-refractivity contribution in [3.8, 4) is 52.4 Å². The number of hydrogen-bond donors (Lipinski definition) is 9. The van der Waals surface area contributed by atoms with E-state index < -0.39 is 54.4 Å². The minimum atomic E-state index is -1.09. The Balaban J connectivity index is 0.978. The lowest BCUT2D eigenvalue weighted by atomic mass is 9.51. The topological polar surface area (TPSA) is 234 Å². The number of aromatic nitrogens is 1. The normalized spacial score (nSPS) is 34.9. The van der Waals surface area contributed by atoms with E-state index in [1.807, 2.05) is 41.2 Å². The van der Waals surface area contributed by atoms with E-state index in [0.717, 1.165) is 79.0 Å². The number of nitrogens with zero attached hydrogens (tertiary/aromatic N) is 1. The first-order valence-corrected chi connectivity index (χ1v) is 33.5. The Labute approximate surface area is 508 Å². The summed E-state index contributed by atoms with van der Waals surface area (Å²) >= 11 is 0. The van der Waals surface area contributed by atoms with Crippen LogP contribution >= 0.6 is 21.6 Å². The van der Waals surface area contributed by atoms with Gasteiger partial charge in [-0.05, 0) is 172 Å². The van der Waals surface area contributed by atoms with Gasteiger partial charge in [-0.2, -0.15) is 0 Å². The Morgan fingerprint density at radius 3 is 2.51 bits per heavy atom. The highest BCUT2D eigenvalue weighted by molar-refractivity contribution is 8.76. The average molecular weight is 1210 g/mol. The van der Waals surface area contributed by atoms with Crippen LogP contribution in [0.3, 0.4) is 0 Å². The number of phenols is 2. The van der Waals surface area contributed by atoms with Gasteiger partial charge in [-0.1, -0.05) is 70.9 Å². The number of carbonyl (C=O) groups is 1. The van der Waals surface area contributed by atoms with Crippen molar-refractivity contribution in [2.75, 3.05) is 46.5 Å². The number of rotatable bonds is 6. The molecular formula is C67H87N3O13S2. The van der Waals surface area contributed by atoms with Crippen LogP contribution in [0.1, 0.15) is 130 Å². The number of phenolic OH excluding ortho intramolecular Hbond substituents is 2. The minimum Gasteiger partial charge on any atom is -0.504 e. The van der Waals surface area contributed by atoms with E-state index in [0.29, 0.717) is 74.8 Å². The van der Waals surface area contributed by atoms with Crippen LogP contribution in [0.2, 0.25) is 0 Å². The third kappa shape index (κ3) is 13.8. The lowest BCUT2D eigenvalue weighted by Crippen LogP contribution is -2.50. The molecule has 17 unspecified atom stereocenters. The summed E-state index contributed by atoms with van der Waals surface area (Å²) in [7, 11) is 5.83. The second-order valence-corrected chi connectivity index (χ2v) is 28.1. The molecular weight excluding hydrogens is 1120 g/mol. The Morgan fingerprint density at radius 2 is 1.69 bits per heavy atom. The van der Waals surface area contributed by atoms with Crippen molar-refractivity contribution >= 4 is 38.3 Å². The number of ether oxygens (including phenoxy) is 5. The zero-order valence-electron chi connectivity index (χ0n) is 49.3. The van der Waals surface area contributed by atoms with Crippen molar-refractivity contribution in [3.63, 3.8) is 0 Å². The standard InChI is InChI=1S/C67H87N3O13S2/c1-39-12-15-45-16-19-55(72)64-49-10-4-7-40-20-21-67(45,31-39)53-27-47(18-14-43(53)33-68-32-40)83-60-26-42-13-17-46(82-38-71)28-56(73)51(23-41-24-61(79-2)65(77)62(25-41)80-3)59(76)36-84-85-63(50(42)29-58(60)75)30-57(74)48-9-5-8-44-34-70(35-52(44)48)37-81-22-6-11-54(64)69-66(49)78/h5,8-9,24-26,29,34-35,39-40,43,45-47,49,51,53-57,59,63-64,68,71-77H,6-7,11-19,22-23,27-28,30-33,36-38H2,1-3H3,(H,69,78). The SMILES string of the molecule is COc1cc(CC2C(O)CSSC3CC(O)c4cccc5cn(cc45)COCCCC4NC(=O)C5C#CCC6C#CC7(CC(C)CCC7CCC(O)C45)C4CC(CCC4CNC6)Oc4cc(c3cc4O)CCC(OCO)CC2O)cc(OC)c1O. The first kappa shape index (κ1) is 61.8. The molecule has 5 aliphatic heterocycles. The smallest absolute Gasteiger partial charge is 0.235 e. The van der Waals surface area contributed by atoms with Crippen molar-refractivity contribution < 1.29 is 64.2 Å². The summed E-state index contributed by atoms with van der Waals surface area (Å²) in [6.45, 7) is 3.99. The molecule has 9 N–H and O–H groups in total. The summed E-state index contributed by atoms with van der Waals surface area (Å²) < 4.78 is 32.4. The van der Waals surface area contributed by atoms with E-state index in [1.54, 1.807) is 18.2 Å². The van der Waals surface area contributed by atoms with E-state index in [9.17, 15) is 40.5 Å². The molecule has 17 atom stereocenters. The van der Waals surface area contributed by atoms with Crippen LogP contribution in [0.15, 0.2) is 54.9 Å². The van der Waals surface area contributed by atoms with E-state index in [-0.39, 0.29) is 102 Å². The Hall–Kier alpha value is -4.83. The minimum absolute atomic E-state index is 0.0139. The molecule has 460 valence electrons. The molecule has 1 spiro atoms. The summed E-state index contributed by atoms with van der Waals surface area (Å²) in [6.07, 6.45) is 9.13. The monoisotopic (exact) mass is 1210 g/mol. The maximum atomic E-state index is 13.9. The number of aliphatic hydroxyl groups is 5. The van der Waals surface area contributed by atoms with Gasteiger partial charge in [0, 0.05) is 77.6 Å². The van der Waals surface area contributed by atoms with Gasteiger partial charge < -0.3 is 74.6 Å². The predicted octanol–water partition coefficient (Wildman–Crippen LogP) is 8.72. The predicted molar refractivity (Wildman–Crippen MR) is 328 cm³/mol. The molecule has 12 rings (SSSR count). The summed E-state index contributed by atoms with van der Waals surface area (Å²) in [5.41, 5.74) is 2.71. The number of fused-ring (bicyclic) bond motifs is 7. The molecule has 6 heterocycles. The largest absolute Gasteiger partial charge is 0.504 e. The quantitative estimate of drug-likeness (QED) is 0.0499. The van der Waals surface area contributed by atoms with Gasteiger partial charge >= 0.3 is 0 Å². The van der Waals surface area contributed by atoms with E-state index in [2.05, 4.69) is 41.2 Å². The van der Waals surface area contributed by atoms with Crippen LogP contribution in [-0.4, -0.2) is 129 Å². The molecule has 18 heteroatoms. The van der Waals surface area contributed by atoms with Gasteiger partial charge in [-0.15, -0.1) is 5.92 Å². The van der Waals surface area contributed by atoms with Crippen molar-refractivity contribution in [1.29, 1.82) is 0 Å². The fourth-order valence-electron chi connectivity index (χ4n) is 15.7. The van der Waals surface area contributed by atoms with Crippen molar-refractivity contribution in [3.05, 3.63) is 77.1 Å². The number of methoxy groups -OCH3 is 2. The fourth-order valence-corrected chi connectivity index (χ4v) is 18.6. The highest BCUT2D eigenvalue weighted by Crippen LogP contribution is 2.57. The second kappa shape index (κ2) is 27.7. The number of hydrogen-bond acceptors (Lipinski definition) is 16. The molecule has 1 saturated heterocycles. The van der Waals surface area contributed by atoms with Crippen LogP contribution in [-0.2, 0) is 33.8 Å². The van der Waals surface area contributed by atoms with Gasteiger partial charge in [-0.3, -0.25) is 4.79 Å². The maximum Gasteiger partial charge on any atom is 0.235 e. The van der Waals surface area contributed by atoms with Gasteiger partial charge in [0.2, 0.25) is 11.7 Å². The van der Waals surface area contributed by atoms with Crippen LogP contribution in [0, 0.1) is 76.4 Å². The molecule has 85 heavy (non-hydrogen) atoms. The molecule has 11 bridgehead atoms. The molecule has 1 aromatic heterocycles. The van der Waals surface area contributed by atoms with Gasteiger partial charge in [-0.25, -0.2) is 0 Å².